The van der Waals surface area contributed by atoms with Gasteiger partial charge in [0.1, 0.15) is 5.82 Å². The van der Waals surface area contributed by atoms with Crippen LogP contribution >= 0.6 is 0 Å². The van der Waals surface area contributed by atoms with Crippen molar-refractivity contribution >= 4 is 11.8 Å². The van der Waals surface area contributed by atoms with Crippen molar-refractivity contribution in [3.63, 3.8) is 0 Å². The fourth-order valence-electron chi connectivity index (χ4n) is 2.59. The molecule has 0 saturated carbocycles. The van der Waals surface area contributed by atoms with Crippen LogP contribution in [0.25, 0.3) is 0 Å². The predicted molar refractivity (Wildman–Crippen MR) is 87.2 cm³/mol. The number of aromatic nitrogens is 2. The van der Waals surface area contributed by atoms with Gasteiger partial charge in [0.05, 0.1) is 18.2 Å². The van der Waals surface area contributed by atoms with E-state index in [0.29, 0.717) is 31.7 Å². The highest BCUT2D eigenvalue weighted by Gasteiger charge is 2.21. The molecular formula is C15H27N5O2. The summed E-state index contributed by atoms with van der Waals surface area (Å²) in [6.45, 7) is 4.31. The molecule has 124 valence electrons. The third-order valence-corrected chi connectivity index (χ3v) is 3.45. The molecule has 2 atom stereocenters. The van der Waals surface area contributed by atoms with E-state index in [2.05, 4.69) is 20.6 Å². The Bertz CT molecular complexity index is 461. The van der Waals surface area contributed by atoms with Crippen molar-refractivity contribution in [3.8, 4) is 0 Å². The van der Waals surface area contributed by atoms with Crippen molar-refractivity contribution in [2.24, 2.45) is 0 Å². The molecule has 1 saturated heterocycles. The second-order valence-corrected chi connectivity index (χ2v) is 6.41. The summed E-state index contributed by atoms with van der Waals surface area (Å²) < 4.78 is 5.45. The van der Waals surface area contributed by atoms with Gasteiger partial charge in [-0.3, -0.25) is 0 Å². The molecule has 1 fully saturated rings. The van der Waals surface area contributed by atoms with Gasteiger partial charge < -0.3 is 25.4 Å². The van der Waals surface area contributed by atoms with Crippen LogP contribution in [-0.4, -0.2) is 72.0 Å². The zero-order valence-corrected chi connectivity index (χ0v) is 13.7. The molecule has 0 aliphatic carbocycles. The van der Waals surface area contributed by atoms with Gasteiger partial charge in [-0.2, -0.15) is 4.98 Å². The predicted octanol–water partition coefficient (Wildman–Crippen LogP) is 0.792. The number of likely N-dealkylation sites (N-methyl/N-ethyl adjacent to an activating group) is 1. The fourth-order valence-corrected chi connectivity index (χ4v) is 2.59. The van der Waals surface area contributed by atoms with E-state index in [1.54, 1.807) is 13.1 Å². The number of rotatable bonds is 7. The van der Waals surface area contributed by atoms with Gasteiger partial charge in [0.25, 0.3) is 0 Å². The van der Waals surface area contributed by atoms with Gasteiger partial charge in [-0.05, 0) is 39.9 Å². The second-order valence-electron chi connectivity index (χ2n) is 6.41. The average molecular weight is 309 g/mol. The molecule has 2 rings (SSSR count). The summed E-state index contributed by atoms with van der Waals surface area (Å²) in [4.78, 5) is 10.6. The zero-order chi connectivity index (χ0) is 16.0. The van der Waals surface area contributed by atoms with E-state index >= 15 is 0 Å². The SMILES string of the molecule is CN(C)CC(C)(O)CNc1nccc(NC2CCCOC2)n1. The lowest BCUT2D eigenvalue weighted by atomic mass is 10.1. The first-order valence-electron chi connectivity index (χ1n) is 7.73. The summed E-state index contributed by atoms with van der Waals surface area (Å²) in [6, 6.07) is 2.14. The third kappa shape index (κ3) is 5.75. The Morgan fingerprint density at radius 2 is 2.32 bits per heavy atom. The normalized spacial score (nSPS) is 21.4. The van der Waals surface area contributed by atoms with Gasteiger partial charge in [-0.25, -0.2) is 4.98 Å². The minimum Gasteiger partial charge on any atom is -0.387 e. The molecule has 7 nitrogen and oxygen atoms in total. The van der Waals surface area contributed by atoms with Gasteiger partial charge >= 0.3 is 0 Å². The second kappa shape index (κ2) is 7.71. The van der Waals surface area contributed by atoms with E-state index in [-0.39, 0.29) is 0 Å². The number of hydrogen-bond donors (Lipinski definition) is 3. The molecule has 0 spiro atoms. The Hall–Kier alpha value is -1.44. The molecule has 0 amide bonds. The molecule has 1 aliphatic rings. The summed E-state index contributed by atoms with van der Waals surface area (Å²) in [6.07, 6.45) is 3.87. The van der Waals surface area contributed by atoms with E-state index < -0.39 is 5.60 Å². The maximum Gasteiger partial charge on any atom is 0.224 e. The Morgan fingerprint density at radius 3 is 3.00 bits per heavy atom. The summed E-state index contributed by atoms with van der Waals surface area (Å²) in [7, 11) is 3.86. The number of nitrogens with zero attached hydrogens (tertiary/aromatic N) is 3. The molecule has 0 bridgehead atoms. The lowest BCUT2D eigenvalue weighted by Gasteiger charge is -2.27. The summed E-state index contributed by atoms with van der Waals surface area (Å²) in [5.74, 6) is 1.29. The van der Waals surface area contributed by atoms with Gasteiger partial charge in [-0.1, -0.05) is 0 Å². The van der Waals surface area contributed by atoms with Crippen molar-refractivity contribution < 1.29 is 9.84 Å². The van der Waals surface area contributed by atoms with Crippen LogP contribution in [-0.2, 0) is 4.74 Å². The van der Waals surface area contributed by atoms with Crippen molar-refractivity contribution in [2.45, 2.75) is 31.4 Å². The molecule has 1 aromatic heterocycles. The van der Waals surface area contributed by atoms with Crippen LogP contribution in [0.1, 0.15) is 19.8 Å². The molecule has 22 heavy (non-hydrogen) atoms. The summed E-state index contributed by atoms with van der Waals surface area (Å²) in [5.41, 5.74) is -0.840. The van der Waals surface area contributed by atoms with Crippen LogP contribution < -0.4 is 10.6 Å². The number of ether oxygens (including phenoxy) is 1. The molecule has 3 N–H and O–H groups in total. The lowest BCUT2D eigenvalue weighted by molar-refractivity contribution is 0.0458. The van der Waals surface area contributed by atoms with Crippen molar-refractivity contribution in [2.75, 3.05) is 51.0 Å². The van der Waals surface area contributed by atoms with Gasteiger partial charge in [0, 0.05) is 25.9 Å². The quantitative estimate of drug-likeness (QED) is 0.687. The average Bonchev–Trinajstić information content (AvgIpc) is 2.45. The minimum absolute atomic E-state index is 0.299. The molecule has 7 heteroatoms. The summed E-state index contributed by atoms with van der Waals surface area (Å²) >= 11 is 0. The summed E-state index contributed by atoms with van der Waals surface area (Å²) in [5, 5.41) is 16.7. The Balaban J connectivity index is 1.88. The fraction of sp³-hybridized carbons (Fsp3) is 0.733. The lowest BCUT2D eigenvalue weighted by Crippen LogP contribution is -2.43. The molecular weight excluding hydrogens is 282 g/mol. The van der Waals surface area contributed by atoms with E-state index in [9.17, 15) is 5.11 Å². The van der Waals surface area contributed by atoms with Crippen LogP contribution in [0.2, 0.25) is 0 Å². The third-order valence-electron chi connectivity index (χ3n) is 3.45. The van der Waals surface area contributed by atoms with Crippen LogP contribution in [0, 0.1) is 0 Å². The monoisotopic (exact) mass is 309 g/mol. The highest BCUT2D eigenvalue weighted by atomic mass is 16.5. The molecule has 1 aliphatic heterocycles. The molecule has 1 aromatic rings. The first-order valence-corrected chi connectivity index (χ1v) is 7.73. The van der Waals surface area contributed by atoms with E-state index in [0.717, 1.165) is 25.3 Å². The first kappa shape index (κ1) is 16.9. The van der Waals surface area contributed by atoms with Gasteiger partial charge in [-0.15, -0.1) is 0 Å². The minimum atomic E-state index is -0.840. The number of aliphatic hydroxyl groups is 1. The largest absolute Gasteiger partial charge is 0.387 e. The van der Waals surface area contributed by atoms with Crippen LogP contribution in [0.15, 0.2) is 12.3 Å². The van der Waals surface area contributed by atoms with E-state index in [4.69, 9.17) is 4.74 Å². The Kier molecular flexibility index (Phi) is 5.93. The van der Waals surface area contributed by atoms with E-state index in [1.807, 2.05) is 25.1 Å². The zero-order valence-electron chi connectivity index (χ0n) is 13.7. The standard InChI is InChI=1S/C15H27N5O2/c1-15(21,11-20(2)3)10-17-14-16-7-6-13(19-14)18-12-5-4-8-22-9-12/h6-7,12,21H,4-5,8-11H2,1-3H3,(H2,16,17,18,19). The first-order chi connectivity index (χ1) is 10.4. The van der Waals surface area contributed by atoms with Crippen molar-refractivity contribution in [1.29, 1.82) is 0 Å². The van der Waals surface area contributed by atoms with Gasteiger partial charge in [0.2, 0.25) is 5.95 Å². The van der Waals surface area contributed by atoms with Crippen LogP contribution in [0.5, 0.6) is 0 Å². The highest BCUT2D eigenvalue weighted by molar-refractivity contribution is 5.40. The molecule has 0 aromatic carbocycles. The molecule has 0 radical (unpaired) electrons. The maximum atomic E-state index is 10.3. The topological polar surface area (TPSA) is 82.5 Å². The number of hydrogen-bond acceptors (Lipinski definition) is 7. The molecule has 2 unspecified atom stereocenters. The smallest absolute Gasteiger partial charge is 0.224 e. The number of nitrogens with one attached hydrogen (secondary N) is 2. The van der Waals surface area contributed by atoms with Crippen LogP contribution in [0.4, 0.5) is 11.8 Å². The van der Waals surface area contributed by atoms with E-state index in [1.165, 1.54) is 0 Å². The van der Waals surface area contributed by atoms with Gasteiger partial charge in [0.15, 0.2) is 0 Å². The van der Waals surface area contributed by atoms with Crippen LogP contribution in [0.3, 0.4) is 0 Å². The molecule has 2 heterocycles. The Labute approximate surface area is 132 Å². The Morgan fingerprint density at radius 1 is 1.50 bits per heavy atom. The van der Waals surface area contributed by atoms with Crippen molar-refractivity contribution in [3.05, 3.63) is 12.3 Å². The maximum absolute atomic E-state index is 10.3. The van der Waals surface area contributed by atoms with Crippen molar-refractivity contribution in [1.82, 2.24) is 14.9 Å². The number of anilines is 2. The highest BCUT2D eigenvalue weighted by Crippen LogP contribution is 2.14.